The molecule has 0 saturated carbocycles. The summed E-state index contributed by atoms with van der Waals surface area (Å²) in [6, 6.07) is 17.6. The number of hydrogen-bond donors (Lipinski definition) is 1. The number of furan rings is 1. The van der Waals surface area contributed by atoms with Crippen molar-refractivity contribution >= 4 is 23.1 Å². The SMILES string of the molecule is CN(C)c1ccc(C2C(C(=O)c3ccco3)=C(O)C(=O)N2c2ccc(C(C)(C)C)cc2)cc1. The first-order valence-corrected chi connectivity index (χ1v) is 10.8. The smallest absolute Gasteiger partial charge is 0.294 e. The van der Waals surface area contributed by atoms with Gasteiger partial charge in [0.1, 0.15) is 0 Å². The quantitative estimate of drug-likeness (QED) is 0.532. The molecule has 0 saturated heterocycles. The summed E-state index contributed by atoms with van der Waals surface area (Å²) in [4.78, 5) is 30.0. The van der Waals surface area contributed by atoms with Gasteiger partial charge >= 0.3 is 0 Å². The summed E-state index contributed by atoms with van der Waals surface area (Å²) in [5, 5.41) is 10.8. The fourth-order valence-electron chi connectivity index (χ4n) is 4.04. The maximum atomic E-state index is 13.3. The van der Waals surface area contributed by atoms with Crippen molar-refractivity contribution in [1.29, 1.82) is 0 Å². The number of nitrogens with zero attached hydrogens (tertiary/aromatic N) is 2. The standard InChI is InChI=1S/C27H28N2O4/c1-27(2,3)18-10-14-20(15-11-18)29-23(17-8-12-19(13-9-17)28(4)5)22(25(31)26(29)32)24(30)21-7-6-16-33-21/h6-16,23,31H,1-5H3. The van der Waals surface area contributed by atoms with Gasteiger partial charge in [-0.15, -0.1) is 0 Å². The molecule has 1 atom stereocenters. The van der Waals surface area contributed by atoms with Crippen molar-refractivity contribution in [2.24, 2.45) is 0 Å². The largest absolute Gasteiger partial charge is 0.503 e. The van der Waals surface area contributed by atoms with Crippen LogP contribution in [-0.4, -0.2) is 30.9 Å². The Morgan fingerprint density at radius 1 is 1.00 bits per heavy atom. The van der Waals surface area contributed by atoms with Crippen LogP contribution in [0.25, 0.3) is 0 Å². The maximum Gasteiger partial charge on any atom is 0.294 e. The van der Waals surface area contributed by atoms with Gasteiger partial charge in [0.15, 0.2) is 11.5 Å². The Labute approximate surface area is 193 Å². The molecule has 33 heavy (non-hydrogen) atoms. The monoisotopic (exact) mass is 444 g/mol. The highest BCUT2D eigenvalue weighted by atomic mass is 16.3. The molecule has 0 bridgehead atoms. The lowest BCUT2D eigenvalue weighted by atomic mass is 9.87. The molecule has 170 valence electrons. The van der Waals surface area contributed by atoms with E-state index in [0.717, 1.165) is 11.3 Å². The van der Waals surface area contributed by atoms with Crippen LogP contribution < -0.4 is 9.80 Å². The first kappa shape index (κ1) is 22.4. The molecule has 1 aromatic heterocycles. The van der Waals surface area contributed by atoms with Crippen LogP contribution in [0.1, 0.15) is 48.5 Å². The van der Waals surface area contributed by atoms with Gasteiger partial charge in [-0.3, -0.25) is 14.5 Å². The van der Waals surface area contributed by atoms with Gasteiger partial charge in [-0.2, -0.15) is 0 Å². The fourth-order valence-corrected chi connectivity index (χ4v) is 4.04. The molecular formula is C27H28N2O4. The fraction of sp³-hybridized carbons (Fsp3) is 0.259. The molecule has 0 spiro atoms. The highest BCUT2D eigenvalue weighted by Crippen LogP contribution is 2.42. The van der Waals surface area contributed by atoms with E-state index in [4.69, 9.17) is 4.42 Å². The number of amides is 1. The minimum Gasteiger partial charge on any atom is -0.503 e. The Morgan fingerprint density at radius 3 is 2.15 bits per heavy atom. The summed E-state index contributed by atoms with van der Waals surface area (Å²) in [7, 11) is 3.88. The predicted molar refractivity (Wildman–Crippen MR) is 129 cm³/mol. The number of hydrogen-bond acceptors (Lipinski definition) is 5. The van der Waals surface area contributed by atoms with E-state index in [1.54, 1.807) is 6.07 Å². The van der Waals surface area contributed by atoms with Gasteiger partial charge in [-0.1, -0.05) is 45.0 Å². The van der Waals surface area contributed by atoms with Crippen LogP contribution in [0.2, 0.25) is 0 Å². The van der Waals surface area contributed by atoms with Crippen LogP contribution in [-0.2, 0) is 10.2 Å². The lowest BCUT2D eigenvalue weighted by molar-refractivity contribution is -0.117. The second kappa shape index (κ2) is 8.28. The first-order chi connectivity index (χ1) is 15.6. The molecule has 0 fully saturated rings. The zero-order valence-electron chi connectivity index (χ0n) is 19.5. The number of carbonyl (C=O) groups is 2. The average Bonchev–Trinajstić information content (AvgIpc) is 3.40. The van der Waals surface area contributed by atoms with Crippen LogP contribution in [0.15, 0.2) is 82.7 Å². The van der Waals surface area contributed by atoms with Gasteiger partial charge < -0.3 is 14.4 Å². The van der Waals surface area contributed by atoms with Crippen LogP contribution in [0.5, 0.6) is 0 Å². The van der Waals surface area contributed by atoms with E-state index < -0.39 is 23.5 Å². The van der Waals surface area contributed by atoms with E-state index in [2.05, 4.69) is 20.8 Å². The topological polar surface area (TPSA) is 74.0 Å². The lowest BCUT2D eigenvalue weighted by Gasteiger charge is -2.28. The van der Waals surface area contributed by atoms with Crippen molar-refractivity contribution in [2.45, 2.75) is 32.2 Å². The molecule has 1 amide bonds. The zero-order chi connectivity index (χ0) is 23.9. The molecule has 0 aliphatic carbocycles. The summed E-state index contributed by atoms with van der Waals surface area (Å²) in [6.45, 7) is 6.35. The van der Waals surface area contributed by atoms with Gasteiger partial charge in [0.2, 0.25) is 5.78 Å². The van der Waals surface area contributed by atoms with Crippen molar-refractivity contribution in [2.75, 3.05) is 23.9 Å². The number of aliphatic hydroxyl groups is 1. The highest BCUT2D eigenvalue weighted by Gasteiger charge is 2.45. The Morgan fingerprint density at radius 2 is 1.64 bits per heavy atom. The molecule has 1 aliphatic heterocycles. The molecule has 0 radical (unpaired) electrons. The Kier molecular flexibility index (Phi) is 5.62. The molecule has 6 heteroatoms. The second-order valence-corrected chi connectivity index (χ2v) is 9.43. The van der Waals surface area contributed by atoms with Crippen molar-refractivity contribution < 1.29 is 19.1 Å². The van der Waals surface area contributed by atoms with Crippen molar-refractivity contribution in [3.63, 3.8) is 0 Å². The Balaban J connectivity index is 1.83. The third-order valence-electron chi connectivity index (χ3n) is 5.93. The predicted octanol–water partition coefficient (Wildman–Crippen LogP) is 5.43. The molecular weight excluding hydrogens is 416 g/mol. The van der Waals surface area contributed by atoms with E-state index >= 15 is 0 Å². The molecule has 1 unspecified atom stereocenters. The molecule has 1 N–H and O–H groups in total. The summed E-state index contributed by atoms with van der Waals surface area (Å²) >= 11 is 0. The Hall–Kier alpha value is -3.80. The van der Waals surface area contributed by atoms with E-state index in [1.807, 2.05) is 67.5 Å². The van der Waals surface area contributed by atoms with Gasteiger partial charge in [0, 0.05) is 25.5 Å². The number of carbonyl (C=O) groups excluding carboxylic acids is 2. The maximum absolute atomic E-state index is 13.3. The summed E-state index contributed by atoms with van der Waals surface area (Å²) in [5.74, 6) is -1.61. The van der Waals surface area contributed by atoms with Gasteiger partial charge in [0.05, 0.1) is 17.9 Å². The summed E-state index contributed by atoms with van der Waals surface area (Å²) < 4.78 is 5.29. The normalized spacial score (nSPS) is 16.5. The van der Waals surface area contributed by atoms with E-state index in [1.165, 1.54) is 17.2 Å². The highest BCUT2D eigenvalue weighted by molar-refractivity contribution is 6.20. The van der Waals surface area contributed by atoms with E-state index in [9.17, 15) is 14.7 Å². The van der Waals surface area contributed by atoms with E-state index in [-0.39, 0.29) is 16.7 Å². The molecule has 2 aromatic carbocycles. The lowest BCUT2D eigenvalue weighted by Crippen LogP contribution is -2.31. The third kappa shape index (κ3) is 4.04. The molecule has 2 heterocycles. The number of Topliss-reactive ketones (excluding diaryl/α,β-unsaturated/α-hetero) is 1. The number of aliphatic hydroxyl groups excluding tert-OH is 1. The summed E-state index contributed by atoms with van der Waals surface area (Å²) in [6.07, 6.45) is 1.39. The number of rotatable bonds is 5. The molecule has 6 nitrogen and oxygen atoms in total. The van der Waals surface area contributed by atoms with Gasteiger partial charge in [-0.25, -0.2) is 0 Å². The molecule has 3 aromatic rings. The van der Waals surface area contributed by atoms with Crippen LogP contribution in [0.4, 0.5) is 11.4 Å². The number of ketones is 1. The zero-order valence-corrected chi connectivity index (χ0v) is 19.5. The second-order valence-electron chi connectivity index (χ2n) is 9.43. The van der Waals surface area contributed by atoms with Crippen molar-refractivity contribution in [1.82, 2.24) is 0 Å². The Bertz CT molecular complexity index is 1200. The van der Waals surface area contributed by atoms with E-state index in [0.29, 0.717) is 11.3 Å². The van der Waals surface area contributed by atoms with Gasteiger partial charge in [0.25, 0.3) is 5.91 Å². The van der Waals surface area contributed by atoms with Gasteiger partial charge in [-0.05, 0) is 52.9 Å². The molecule has 1 aliphatic rings. The third-order valence-corrected chi connectivity index (χ3v) is 5.93. The minimum atomic E-state index is -0.785. The minimum absolute atomic E-state index is 0.00690. The van der Waals surface area contributed by atoms with Crippen molar-refractivity contribution in [3.8, 4) is 0 Å². The molecule has 4 rings (SSSR count). The van der Waals surface area contributed by atoms with Crippen molar-refractivity contribution in [3.05, 3.63) is 95.1 Å². The van der Waals surface area contributed by atoms with Crippen LogP contribution in [0, 0.1) is 0 Å². The number of anilines is 2. The van der Waals surface area contributed by atoms with Crippen LogP contribution in [0.3, 0.4) is 0 Å². The summed E-state index contributed by atoms with van der Waals surface area (Å²) in [5.41, 5.74) is 3.38. The van der Waals surface area contributed by atoms with Crippen LogP contribution >= 0.6 is 0 Å². The average molecular weight is 445 g/mol. The number of benzene rings is 2. The first-order valence-electron chi connectivity index (χ1n) is 10.8.